The summed E-state index contributed by atoms with van der Waals surface area (Å²) in [4.78, 5) is 19.9. The zero-order valence-electron chi connectivity index (χ0n) is 20.4. The largest absolute Gasteiger partial charge is 0.496 e. The average molecular weight is 498 g/mol. The lowest BCUT2D eigenvalue weighted by Gasteiger charge is -2.57. The molecular weight excluding hydrogens is 468 g/mol. The Morgan fingerprint density at radius 3 is 2.61 bits per heavy atom. The summed E-state index contributed by atoms with van der Waals surface area (Å²) in [6, 6.07) is 7.54. The van der Waals surface area contributed by atoms with Gasteiger partial charge >= 0.3 is 6.61 Å². The molecule has 2 aliphatic heterocycles. The first-order valence-corrected chi connectivity index (χ1v) is 12.3. The lowest BCUT2D eigenvalue weighted by atomic mass is 9.77. The molecule has 1 spiro atoms. The van der Waals surface area contributed by atoms with Crippen LogP contribution in [0.4, 0.5) is 8.78 Å². The number of ether oxygens (including phenoxy) is 3. The number of pyridine rings is 1. The minimum Gasteiger partial charge on any atom is -0.496 e. The molecule has 1 aromatic carbocycles. The van der Waals surface area contributed by atoms with Crippen LogP contribution in [-0.2, 0) is 4.74 Å². The highest BCUT2D eigenvalue weighted by molar-refractivity contribution is 6.02. The lowest BCUT2D eigenvalue weighted by Crippen LogP contribution is -2.66. The van der Waals surface area contributed by atoms with Crippen LogP contribution in [0.1, 0.15) is 48.1 Å². The molecule has 0 N–H and O–H groups in total. The third-order valence-electron chi connectivity index (χ3n) is 7.71. The highest BCUT2D eigenvalue weighted by Gasteiger charge is 2.50. The van der Waals surface area contributed by atoms with Crippen LogP contribution >= 0.6 is 0 Å². The fourth-order valence-corrected chi connectivity index (χ4v) is 5.39. The van der Waals surface area contributed by atoms with E-state index in [9.17, 15) is 13.6 Å². The van der Waals surface area contributed by atoms with Crippen LogP contribution < -0.4 is 9.47 Å². The molecule has 1 saturated carbocycles. The lowest BCUT2D eigenvalue weighted by molar-refractivity contribution is -0.197. The number of carbonyl (C=O) groups excluding carboxylic acids is 1. The van der Waals surface area contributed by atoms with Crippen molar-refractivity contribution in [1.29, 1.82) is 0 Å². The predicted molar refractivity (Wildman–Crippen MR) is 129 cm³/mol. The Hall–Kier alpha value is -3.04. The Morgan fingerprint density at radius 1 is 1.22 bits per heavy atom. The number of halogens is 2. The number of alkyl halides is 2. The van der Waals surface area contributed by atoms with Gasteiger partial charge in [0.2, 0.25) is 0 Å². The number of methoxy groups -OCH3 is 1. The molecule has 190 valence electrons. The molecule has 3 fully saturated rings. The Balaban J connectivity index is 1.32. The van der Waals surface area contributed by atoms with E-state index >= 15 is 0 Å². The first-order chi connectivity index (χ1) is 17.4. The zero-order chi connectivity index (χ0) is 25.0. The number of benzene rings is 1. The van der Waals surface area contributed by atoms with Crippen molar-refractivity contribution in [2.24, 2.45) is 11.3 Å². The van der Waals surface area contributed by atoms with E-state index in [1.165, 1.54) is 13.2 Å². The zero-order valence-corrected chi connectivity index (χ0v) is 20.4. The first kappa shape index (κ1) is 23.4. The van der Waals surface area contributed by atoms with Gasteiger partial charge in [0.1, 0.15) is 22.7 Å². The minimum atomic E-state index is -3.06. The second kappa shape index (κ2) is 8.81. The van der Waals surface area contributed by atoms with Gasteiger partial charge in [0.15, 0.2) is 5.78 Å². The van der Waals surface area contributed by atoms with Gasteiger partial charge < -0.3 is 14.2 Å². The molecule has 2 saturated heterocycles. The maximum atomic E-state index is 13.3. The summed E-state index contributed by atoms with van der Waals surface area (Å²) >= 11 is 0. The van der Waals surface area contributed by atoms with E-state index in [1.807, 2.05) is 10.6 Å². The Kier molecular flexibility index (Phi) is 5.72. The summed E-state index contributed by atoms with van der Waals surface area (Å²) < 4.78 is 44.2. The second-order valence-electron chi connectivity index (χ2n) is 10.4. The SMILES string of the molecule is COc1cc(-c2cnc3cc(C(C)N4CC5(COC5)C4)ccn23)cc(OC(F)F)c1C(=O)CC1CC1. The van der Waals surface area contributed by atoms with Crippen molar-refractivity contribution >= 4 is 11.4 Å². The van der Waals surface area contributed by atoms with Gasteiger partial charge in [-0.15, -0.1) is 0 Å². The second-order valence-corrected chi connectivity index (χ2v) is 10.4. The topological polar surface area (TPSA) is 65.3 Å². The Morgan fingerprint density at radius 2 is 1.97 bits per heavy atom. The molecule has 2 aromatic heterocycles. The van der Waals surface area contributed by atoms with Crippen LogP contribution in [0.2, 0.25) is 0 Å². The molecule has 1 atom stereocenters. The van der Waals surface area contributed by atoms with Gasteiger partial charge in [-0.05, 0) is 55.5 Å². The van der Waals surface area contributed by atoms with Crippen molar-refractivity contribution < 1.29 is 27.8 Å². The highest BCUT2D eigenvalue weighted by Crippen LogP contribution is 2.43. The maximum Gasteiger partial charge on any atom is 0.387 e. The van der Waals surface area contributed by atoms with Crippen LogP contribution in [0.15, 0.2) is 36.7 Å². The van der Waals surface area contributed by atoms with Gasteiger partial charge in [0.05, 0.1) is 32.2 Å². The fraction of sp³-hybridized carbons (Fsp3) is 0.481. The van der Waals surface area contributed by atoms with Crippen molar-refractivity contribution in [1.82, 2.24) is 14.3 Å². The normalized spacial score (nSPS) is 19.8. The van der Waals surface area contributed by atoms with Crippen molar-refractivity contribution in [2.45, 2.75) is 38.8 Å². The molecule has 3 aliphatic rings. The van der Waals surface area contributed by atoms with Crippen molar-refractivity contribution in [3.05, 3.63) is 47.8 Å². The molecule has 6 rings (SSSR count). The quantitative estimate of drug-likeness (QED) is 0.388. The van der Waals surface area contributed by atoms with Crippen molar-refractivity contribution in [3.63, 3.8) is 0 Å². The molecule has 0 amide bonds. The number of rotatable bonds is 9. The number of nitrogens with zero attached hydrogens (tertiary/aromatic N) is 3. The Bertz CT molecular complexity index is 1310. The molecule has 9 heteroatoms. The van der Waals surface area contributed by atoms with Crippen LogP contribution in [0, 0.1) is 11.3 Å². The molecule has 0 bridgehead atoms. The predicted octanol–water partition coefficient (Wildman–Crippen LogP) is 4.99. The molecule has 0 radical (unpaired) electrons. The number of fused-ring (bicyclic) bond motifs is 1. The summed E-state index contributed by atoms with van der Waals surface area (Å²) in [6.45, 7) is 2.92. The molecule has 7 nitrogen and oxygen atoms in total. The van der Waals surface area contributed by atoms with Crippen LogP contribution in [0.5, 0.6) is 11.5 Å². The van der Waals surface area contributed by atoms with E-state index in [0.717, 1.165) is 50.4 Å². The maximum absolute atomic E-state index is 13.3. The number of Topliss-reactive ketones (excluding diaryl/α,β-unsaturated/α-hetero) is 1. The van der Waals surface area contributed by atoms with Crippen LogP contribution in [0.3, 0.4) is 0 Å². The van der Waals surface area contributed by atoms with Gasteiger partial charge in [0.25, 0.3) is 0 Å². The van der Waals surface area contributed by atoms with E-state index in [4.69, 9.17) is 14.2 Å². The molecule has 1 unspecified atom stereocenters. The fourth-order valence-electron chi connectivity index (χ4n) is 5.39. The van der Waals surface area contributed by atoms with E-state index in [2.05, 4.69) is 28.9 Å². The van der Waals surface area contributed by atoms with Crippen molar-refractivity contribution in [3.8, 4) is 22.8 Å². The highest BCUT2D eigenvalue weighted by atomic mass is 19.3. The summed E-state index contributed by atoms with van der Waals surface area (Å²) in [5.74, 6) is 0.118. The summed E-state index contributed by atoms with van der Waals surface area (Å²) in [5, 5.41) is 0. The Labute approximate surface area is 208 Å². The summed E-state index contributed by atoms with van der Waals surface area (Å²) in [7, 11) is 1.43. The minimum absolute atomic E-state index is 0.0718. The number of hydrogen-bond acceptors (Lipinski definition) is 6. The van der Waals surface area contributed by atoms with E-state index in [-0.39, 0.29) is 28.9 Å². The summed E-state index contributed by atoms with van der Waals surface area (Å²) in [5.41, 5.74) is 3.60. The standard InChI is InChI=1S/C27H29F2N3O4/c1-16(31-12-27(13-31)14-35-15-27)18-5-6-32-20(11-30-24(32)10-18)19-8-22(34-2)25(21(33)7-17-3-4-17)23(9-19)36-26(28)29/h5-6,8-11,16-17,26H,3-4,7,12-15H2,1-2H3. The van der Waals surface area contributed by atoms with E-state index in [0.29, 0.717) is 29.0 Å². The third kappa shape index (κ3) is 4.14. The summed E-state index contributed by atoms with van der Waals surface area (Å²) in [6.07, 6.45) is 5.90. The number of likely N-dealkylation sites (tertiary alicyclic amines) is 1. The average Bonchev–Trinajstić information content (AvgIpc) is 3.50. The van der Waals surface area contributed by atoms with Gasteiger partial charge in [-0.2, -0.15) is 8.78 Å². The molecule has 3 aromatic rings. The number of ketones is 1. The van der Waals surface area contributed by atoms with Crippen molar-refractivity contribution in [2.75, 3.05) is 33.4 Å². The third-order valence-corrected chi connectivity index (χ3v) is 7.71. The molecular formula is C27H29F2N3O4. The van der Waals surface area contributed by atoms with Gasteiger partial charge in [-0.1, -0.05) is 0 Å². The van der Waals surface area contributed by atoms with Gasteiger partial charge in [-0.25, -0.2) is 4.98 Å². The van der Waals surface area contributed by atoms with Crippen LogP contribution in [0.25, 0.3) is 16.9 Å². The number of aromatic nitrogens is 2. The monoisotopic (exact) mass is 497 g/mol. The van der Waals surface area contributed by atoms with E-state index < -0.39 is 6.61 Å². The molecule has 4 heterocycles. The van der Waals surface area contributed by atoms with Gasteiger partial charge in [-0.3, -0.25) is 14.1 Å². The number of hydrogen-bond donors (Lipinski definition) is 0. The smallest absolute Gasteiger partial charge is 0.387 e. The first-order valence-electron chi connectivity index (χ1n) is 12.3. The van der Waals surface area contributed by atoms with Gasteiger partial charge in [0, 0.05) is 42.7 Å². The molecule has 1 aliphatic carbocycles. The van der Waals surface area contributed by atoms with Crippen LogP contribution in [-0.4, -0.2) is 60.1 Å². The molecule has 36 heavy (non-hydrogen) atoms. The number of imidazole rings is 1. The van der Waals surface area contributed by atoms with E-state index in [1.54, 1.807) is 12.3 Å². The number of carbonyl (C=O) groups is 1.